The molecule has 1 heterocycles. The molecule has 0 fully saturated rings. The van der Waals surface area contributed by atoms with E-state index in [1.165, 1.54) is 11.1 Å². The van der Waals surface area contributed by atoms with E-state index >= 15 is 0 Å². The van der Waals surface area contributed by atoms with Gasteiger partial charge in [0.2, 0.25) is 0 Å². The van der Waals surface area contributed by atoms with E-state index in [1.807, 2.05) is 17.0 Å². The zero-order valence-electron chi connectivity index (χ0n) is 9.58. The summed E-state index contributed by atoms with van der Waals surface area (Å²) in [6.07, 6.45) is 1.00. The van der Waals surface area contributed by atoms with Crippen LogP contribution >= 0.6 is 0 Å². The van der Waals surface area contributed by atoms with E-state index in [9.17, 15) is 4.79 Å². The second-order valence-electron chi connectivity index (χ2n) is 4.32. The average molecular weight is 203 g/mol. The van der Waals surface area contributed by atoms with Gasteiger partial charge in [0, 0.05) is 18.2 Å². The van der Waals surface area contributed by atoms with E-state index < -0.39 is 0 Å². The van der Waals surface area contributed by atoms with Crippen LogP contribution in [-0.2, 0) is 13.0 Å². The van der Waals surface area contributed by atoms with Gasteiger partial charge in [0.25, 0.3) is 5.91 Å². The van der Waals surface area contributed by atoms with Crippen molar-refractivity contribution in [2.24, 2.45) is 0 Å². The minimum atomic E-state index is 0.190. The van der Waals surface area contributed by atoms with Crippen LogP contribution in [-0.4, -0.2) is 16.8 Å². The van der Waals surface area contributed by atoms with Crippen LogP contribution in [0.15, 0.2) is 18.2 Å². The van der Waals surface area contributed by atoms with Gasteiger partial charge in [-0.05, 0) is 37.5 Å². The summed E-state index contributed by atoms with van der Waals surface area (Å²) < 4.78 is 0. The standard InChI is InChI=1S/C13H17NO/c1-4-10-6-5-7-11-12(10)8-14(9(2)3)13(11)15/h5-7,9H,4,8H2,1-3H3. The lowest BCUT2D eigenvalue weighted by atomic mass is 10.0. The summed E-state index contributed by atoms with van der Waals surface area (Å²) in [7, 11) is 0. The Hall–Kier alpha value is -1.31. The largest absolute Gasteiger partial charge is 0.332 e. The zero-order valence-corrected chi connectivity index (χ0v) is 9.58. The summed E-state index contributed by atoms with van der Waals surface area (Å²) in [6, 6.07) is 6.34. The number of rotatable bonds is 2. The van der Waals surface area contributed by atoms with Gasteiger partial charge in [0.05, 0.1) is 0 Å². The van der Waals surface area contributed by atoms with Crippen LogP contribution in [0.4, 0.5) is 0 Å². The fourth-order valence-electron chi connectivity index (χ4n) is 2.17. The summed E-state index contributed by atoms with van der Waals surface area (Å²) in [5.74, 6) is 0.190. The second-order valence-corrected chi connectivity index (χ2v) is 4.32. The van der Waals surface area contributed by atoms with Crippen molar-refractivity contribution < 1.29 is 4.79 Å². The molecule has 0 aliphatic carbocycles. The van der Waals surface area contributed by atoms with Crippen LogP contribution < -0.4 is 0 Å². The molecule has 0 radical (unpaired) electrons. The molecule has 1 amide bonds. The normalized spacial score (nSPS) is 14.9. The molecule has 1 aromatic carbocycles. The minimum absolute atomic E-state index is 0.190. The molecule has 1 aliphatic heterocycles. The molecule has 2 rings (SSSR count). The third kappa shape index (κ3) is 1.54. The number of amides is 1. The number of carbonyl (C=O) groups is 1. The third-order valence-corrected chi connectivity index (χ3v) is 3.10. The van der Waals surface area contributed by atoms with Crippen LogP contribution in [0.25, 0.3) is 0 Å². The molecule has 0 N–H and O–H groups in total. The van der Waals surface area contributed by atoms with Crippen molar-refractivity contribution in [1.82, 2.24) is 4.90 Å². The number of fused-ring (bicyclic) bond motifs is 1. The maximum absolute atomic E-state index is 12.0. The van der Waals surface area contributed by atoms with Gasteiger partial charge in [-0.1, -0.05) is 19.1 Å². The van der Waals surface area contributed by atoms with Gasteiger partial charge in [-0.3, -0.25) is 4.79 Å². The highest BCUT2D eigenvalue weighted by atomic mass is 16.2. The lowest BCUT2D eigenvalue weighted by Crippen LogP contribution is -2.30. The molecular formula is C13H17NO. The Kier molecular flexibility index (Phi) is 2.51. The number of benzene rings is 1. The van der Waals surface area contributed by atoms with E-state index in [-0.39, 0.29) is 11.9 Å². The summed E-state index contributed by atoms with van der Waals surface area (Å²) in [6.45, 7) is 7.05. The number of carbonyl (C=O) groups excluding carboxylic acids is 1. The lowest BCUT2D eigenvalue weighted by molar-refractivity contribution is 0.0730. The first-order chi connectivity index (χ1) is 7.15. The van der Waals surface area contributed by atoms with Crippen LogP contribution in [0.5, 0.6) is 0 Å². The van der Waals surface area contributed by atoms with Crippen molar-refractivity contribution in [3.63, 3.8) is 0 Å². The Bertz CT molecular complexity index is 396. The Labute approximate surface area is 90.9 Å². The highest BCUT2D eigenvalue weighted by Gasteiger charge is 2.29. The fourth-order valence-corrected chi connectivity index (χ4v) is 2.17. The van der Waals surface area contributed by atoms with Crippen LogP contribution in [0.3, 0.4) is 0 Å². The molecule has 1 aromatic rings. The van der Waals surface area contributed by atoms with Crippen LogP contribution in [0, 0.1) is 0 Å². The molecule has 0 saturated carbocycles. The van der Waals surface area contributed by atoms with Gasteiger partial charge < -0.3 is 4.90 Å². The van der Waals surface area contributed by atoms with Crippen LogP contribution in [0.1, 0.15) is 42.3 Å². The molecular weight excluding hydrogens is 186 g/mol. The third-order valence-electron chi connectivity index (χ3n) is 3.10. The maximum atomic E-state index is 12.0. The number of nitrogens with zero attached hydrogens (tertiary/aromatic N) is 1. The molecule has 15 heavy (non-hydrogen) atoms. The minimum Gasteiger partial charge on any atom is -0.332 e. The SMILES string of the molecule is CCc1cccc2c1CN(C(C)C)C2=O. The molecule has 0 unspecified atom stereocenters. The monoisotopic (exact) mass is 203 g/mol. The summed E-state index contributed by atoms with van der Waals surface area (Å²) in [5.41, 5.74) is 3.45. The first kappa shape index (κ1) is 10.2. The molecule has 80 valence electrons. The highest BCUT2D eigenvalue weighted by Crippen LogP contribution is 2.27. The average Bonchev–Trinajstić information content (AvgIpc) is 2.56. The quantitative estimate of drug-likeness (QED) is 0.723. The van der Waals surface area contributed by atoms with Gasteiger partial charge >= 0.3 is 0 Å². The smallest absolute Gasteiger partial charge is 0.254 e. The predicted molar refractivity (Wildman–Crippen MR) is 60.8 cm³/mol. The van der Waals surface area contributed by atoms with E-state index in [2.05, 4.69) is 26.8 Å². The van der Waals surface area contributed by atoms with E-state index in [1.54, 1.807) is 0 Å². The topological polar surface area (TPSA) is 20.3 Å². The van der Waals surface area contributed by atoms with Gasteiger partial charge in [-0.2, -0.15) is 0 Å². The number of aryl methyl sites for hydroxylation is 1. The molecule has 0 aromatic heterocycles. The maximum Gasteiger partial charge on any atom is 0.254 e. The van der Waals surface area contributed by atoms with E-state index in [4.69, 9.17) is 0 Å². The van der Waals surface area contributed by atoms with Gasteiger partial charge in [-0.25, -0.2) is 0 Å². The molecule has 1 aliphatic rings. The van der Waals surface area contributed by atoms with E-state index in [0.717, 1.165) is 18.5 Å². The zero-order chi connectivity index (χ0) is 11.0. The molecule has 0 spiro atoms. The van der Waals surface area contributed by atoms with Crippen molar-refractivity contribution >= 4 is 5.91 Å². The number of hydrogen-bond donors (Lipinski definition) is 0. The Morgan fingerprint density at radius 1 is 1.40 bits per heavy atom. The number of hydrogen-bond acceptors (Lipinski definition) is 1. The Morgan fingerprint density at radius 2 is 2.13 bits per heavy atom. The van der Waals surface area contributed by atoms with Crippen molar-refractivity contribution in [2.45, 2.75) is 39.8 Å². The first-order valence-electron chi connectivity index (χ1n) is 5.57. The summed E-state index contributed by atoms with van der Waals surface area (Å²) in [5, 5.41) is 0. The summed E-state index contributed by atoms with van der Waals surface area (Å²) >= 11 is 0. The van der Waals surface area contributed by atoms with Gasteiger partial charge in [0.15, 0.2) is 0 Å². The molecule has 2 heteroatoms. The second kappa shape index (κ2) is 3.69. The van der Waals surface area contributed by atoms with E-state index in [0.29, 0.717) is 0 Å². The first-order valence-corrected chi connectivity index (χ1v) is 5.57. The molecule has 0 atom stereocenters. The van der Waals surface area contributed by atoms with Crippen molar-refractivity contribution in [1.29, 1.82) is 0 Å². The van der Waals surface area contributed by atoms with Gasteiger partial charge in [-0.15, -0.1) is 0 Å². The van der Waals surface area contributed by atoms with Crippen molar-refractivity contribution in [2.75, 3.05) is 0 Å². The van der Waals surface area contributed by atoms with Crippen molar-refractivity contribution in [3.8, 4) is 0 Å². The fraction of sp³-hybridized carbons (Fsp3) is 0.462. The molecule has 0 bridgehead atoms. The highest BCUT2D eigenvalue weighted by molar-refractivity contribution is 5.98. The lowest BCUT2D eigenvalue weighted by Gasteiger charge is -2.20. The van der Waals surface area contributed by atoms with Crippen LogP contribution in [0.2, 0.25) is 0 Å². The van der Waals surface area contributed by atoms with Crippen molar-refractivity contribution in [3.05, 3.63) is 34.9 Å². The van der Waals surface area contributed by atoms with Gasteiger partial charge in [0.1, 0.15) is 0 Å². The Balaban J connectivity index is 2.44. The molecule has 0 saturated heterocycles. The predicted octanol–water partition coefficient (Wildman–Crippen LogP) is 2.61. The Morgan fingerprint density at radius 3 is 2.73 bits per heavy atom. The molecule has 2 nitrogen and oxygen atoms in total. The summed E-state index contributed by atoms with van der Waals surface area (Å²) in [4.78, 5) is 14.0.